The minimum absolute atomic E-state index is 0.125. The van der Waals surface area contributed by atoms with E-state index in [1.54, 1.807) is 0 Å². The molecule has 0 aliphatic heterocycles. The Morgan fingerprint density at radius 2 is 2.31 bits per heavy atom. The molecule has 0 aromatic heterocycles. The second kappa shape index (κ2) is 8.38. The van der Waals surface area contributed by atoms with Crippen molar-refractivity contribution in [3.63, 3.8) is 0 Å². The number of hydrogen-bond acceptors (Lipinski definition) is 4. The Kier molecular flexibility index (Phi) is 8.24. The van der Waals surface area contributed by atoms with Crippen molar-refractivity contribution in [1.82, 2.24) is 5.32 Å². The van der Waals surface area contributed by atoms with Gasteiger partial charge in [-0.05, 0) is 19.2 Å². The molecule has 0 amide bonds. The largest absolute Gasteiger partial charge is 0.469 e. The van der Waals surface area contributed by atoms with Crippen LogP contribution in [0.4, 0.5) is 0 Å². The van der Waals surface area contributed by atoms with Crippen LogP contribution in [0.2, 0.25) is 0 Å². The number of hydrogen-bond donors (Lipinski definition) is 1. The quantitative estimate of drug-likeness (QED) is 0.502. The first-order valence-corrected chi connectivity index (χ1v) is 5.79. The third kappa shape index (κ3) is 8.12. The fraction of sp³-hybridized carbons (Fsp3) is 0.889. The van der Waals surface area contributed by atoms with Crippen LogP contribution in [-0.2, 0) is 9.53 Å². The third-order valence-electron chi connectivity index (χ3n) is 1.80. The minimum Gasteiger partial charge on any atom is -0.469 e. The lowest BCUT2D eigenvalue weighted by molar-refractivity contribution is -0.140. The van der Waals surface area contributed by atoms with Gasteiger partial charge in [0.25, 0.3) is 0 Å². The Morgan fingerprint density at radius 1 is 1.62 bits per heavy atom. The highest BCUT2D eigenvalue weighted by Crippen LogP contribution is 2.02. The molecular formula is C9H19NO2S. The Morgan fingerprint density at radius 3 is 2.85 bits per heavy atom. The molecule has 0 saturated heterocycles. The van der Waals surface area contributed by atoms with E-state index in [0.717, 1.165) is 19.5 Å². The topological polar surface area (TPSA) is 38.3 Å². The van der Waals surface area contributed by atoms with Gasteiger partial charge in [-0.3, -0.25) is 4.79 Å². The van der Waals surface area contributed by atoms with Crippen molar-refractivity contribution in [1.29, 1.82) is 0 Å². The maximum Gasteiger partial charge on any atom is 0.305 e. The van der Waals surface area contributed by atoms with Crippen LogP contribution in [0.5, 0.6) is 0 Å². The molecule has 0 aliphatic carbocycles. The van der Waals surface area contributed by atoms with Crippen LogP contribution >= 0.6 is 11.8 Å². The summed E-state index contributed by atoms with van der Waals surface area (Å²) in [5.41, 5.74) is 0. The number of thioether (sulfide) groups is 1. The van der Waals surface area contributed by atoms with Gasteiger partial charge in [-0.25, -0.2) is 0 Å². The molecule has 0 aromatic carbocycles. The molecule has 0 heterocycles. The predicted molar refractivity (Wildman–Crippen MR) is 57.1 cm³/mol. The van der Waals surface area contributed by atoms with E-state index < -0.39 is 0 Å². The van der Waals surface area contributed by atoms with Gasteiger partial charge in [-0.1, -0.05) is 6.92 Å². The number of carbonyl (C=O) groups excluding carboxylic acids is 1. The van der Waals surface area contributed by atoms with Crippen molar-refractivity contribution in [2.45, 2.75) is 25.0 Å². The van der Waals surface area contributed by atoms with E-state index in [2.05, 4.69) is 23.2 Å². The molecule has 78 valence electrons. The normalized spacial score (nSPS) is 12.5. The first kappa shape index (κ1) is 12.8. The SMILES string of the molecule is COC(=O)CCCNCC(C)SC. The number of esters is 1. The van der Waals surface area contributed by atoms with Crippen LogP contribution in [0, 0.1) is 0 Å². The third-order valence-corrected chi connectivity index (χ3v) is 2.77. The predicted octanol–water partition coefficient (Wildman–Crippen LogP) is 1.28. The molecule has 0 bridgehead atoms. The second-order valence-corrected chi connectivity index (χ2v) is 4.21. The molecule has 4 heteroatoms. The van der Waals surface area contributed by atoms with Gasteiger partial charge in [0.05, 0.1) is 7.11 Å². The summed E-state index contributed by atoms with van der Waals surface area (Å²) in [6, 6.07) is 0. The van der Waals surface area contributed by atoms with Crippen LogP contribution < -0.4 is 5.32 Å². The maximum absolute atomic E-state index is 10.7. The fourth-order valence-corrected chi connectivity index (χ4v) is 1.13. The molecule has 0 aliphatic rings. The fourth-order valence-electron chi connectivity index (χ4n) is 0.848. The van der Waals surface area contributed by atoms with Gasteiger partial charge in [-0.2, -0.15) is 11.8 Å². The molecular weight excluding hydrogens is 186 g/mol. The lowest BCUT2D eigenvalue weighted by Crippen LogP contribution is -2.24. The standard InChI is InChI=1S/C9H19NO2S/c1-8(13-3)7-10-6-4-5-9(11)12-2/h8,10H,4-7H2,1-3H3. The summed E-state index contributed by atoms with van der Waals surface area (Å²) in [6.45, 7) is 4.07. The Bertz CT molecular complexity index is 142. The van der Waals surface area contributed by atoms with Crippen LogP contribution in [0.3, 0.4) is 0 Å². The summed E-state index contributed by atoms with van der Waals surface area (Å²) in [5.74, 6) is -0.125. The molecule has 0 saturated carbocycles. The van der Waals surface area contributed by atoms with E-state index in [4.69, 9.17) is 0 Å². The van der Waals surface area contributed by atoms with Crippen LogP contribution in [0.25, 0.3) is 0 Å². The molecule has 1 atom stereocenters. The van der Waals surface area contributed by atoms with Crippen molar-refractivity contribution in [2.24, 2.45) is 0 Å². The lowest BCUT2D eigenvalue weighted by Gasteiger charge is -2.08. The molecule has 1 unspecified atom stereocenters. The van der Waals surface area contributed by atoms with Crippen molar-refractivity contribution in [3.8, 4) is 0 Å². The molecule has 3 nitrogen and oxygen atoms in total. The van der Waals surface area contributed by atoms with Gasteiger partial charge >= 0.3 is 5.97 Å². The van der Waals surface area contributed by atoms with Crippen molar-refractivity contribution in [3.05, 3.63) is 0 Å². The summed E-state index contributed by atoms with van der Waals surface area (Å²) in [7, 11) is 1.42. The average Bonchev–Trinajstić information content (AvgIpc) is 2.16. The highest BCUT2D eigenvalue weighted by Gasteiger charge is 2.00. The number of methoxy groups -OCH3 is 1. The second-order valence-electron chi connectivity index (χ2n) is 2.93. The summed E-state index contributed by atoms with van der Waals surface area (Å²) in [6.07, 6.45) is 3.46. The monoisotopic (exact) mass is 205 g/mol. The highest BCUT2D eigenvalue weighted by molar-refractivity contribution is 7.99. The summed E-state index contributed by atoms with van der Waals surface area (Å²) < 4.78 is 4.53. The smallest absolute Gasteiger partial charge is 0.305 e. The molecule has 1 N–H and O–H groups in total. The van der Waals surface area contributed by atoms with Gasteiger partial charge in [-0.15, -0.1) is 0 Å². The zero-order valence-electron chi connectivity index (χ0n) is 8.63. The molecule has 0 radical (unpaired) electrons. The molecule has 0 rings (SSSR count). The van der Waals surface area contributed by atoms with Crippen LogP contribution in [-0.4, -0.2) is 37.7 Å². The van der Waals surface area contributed by atoms with Crippen LogP contribution in [0.15, 0.2) is 0 Å². The maximum atomic E-state index is 10.7. The van der Waals surface area contributed by atoms with Gasteiger partial charge in [0.1, 0.15) is 0 Å². The Labute approximate surface area is 84.6 Å². The molecule has 0 aromatic rings. The number of rotatable bonds is 7. The van der Waals surface area contributed by atoms with Gasteiger partial charge in [0, 0.05) is 18.2 Å². The lowest BCUT2D eigenvalue weighted by atomic mass is 10.3. The summed E-state index contributed by atoms with van der Waals surface area (Å²) in [4.78, 5) is 10.7. The van der Waals surface area contributed by atoms with Crippen molar-refractivity contribution < 1.29 is 9.53 Å². The first-order valence-electron chi connectivity index (χ1n) is 4.51. The number of carbonyl (C=O) groups is 1. The van der Waals surface area contributed by atoms with Gasteiger partial charge in [0.15, 0.2) is 0 Å². The molecule has 0 spiro atoms. The van der Waals surface area contributed by atoms with E-state index in [-0.39, 0.29) is 5.97 Å². The van der Waals surface area contributed by atoms with E-state index >= 15 is 0 Å². The van der Waals surface area contributed by atoms with E-state index in [1.807, 2.05) is 11.8 Å². The van der Waals surface area contributed by atoms with E-state index in [9.17, 15) is 4.79 Å². The Balaban J connectivity index is 3.12. The average molecular weight is 205 g/mol. The highest BCUT2D eigenvalue weighted by atomic mass is 32.2. The van der Waals surface area contributed by atoms with Crippen molar-refractivity contribution in [2.75, 3.05) is 26.5 Å². The number of nitrogens with one attached hydrogen (secondary N) is 1. The zero-order chi connectivity index (χ0) is 10.1. The molecule has 13 heavy (non-hydrogen) atoms. The van der Waals surface area contributed by atoms with E-state index in [0.29, 0.717) is 11.7 Å². The van der Waals surface area contributed by atoms with E-state index in [1.165, 1.54) is 7.11 Å². The minimum atomic E-state index is -0.125. The first-order chi connectivity index (χ1) is 6.20. The molecule has 0 fully saturated rings. The summed E-state index contributed by atoms with van der Waals surface area (Å²) >= 11 is 1.84. The zero-order valence-corrected chi connectivity index (χ0v) is 9.45. The Hall–Kier alpha value is -0.220. The van der Waals surface area contributed by atoms with Crippen molar-refractivity contribution >= 4 is 17.7 Å². The van der Waals surface area contributed by atoms with Gasteiger partial charge in [0.2, 0.25) is 0 Å². The van der Waals surface area contributed by atoms with Gasteiger partial charge < -0.3 is 10.1 Å². The number of ether oxygens (including phenoxy) is 1. The summed E-state index contributed by atoms with van der Waals surface area (Å²) in [5, 5.41) is 3.92. The van der Waals surface area contributed by atoms with Crippen LogP contribution in [0.1, 0.15) is 19.8 Å².